The smallest absolute Gasteiger partial charge is 0.247 e. The molecule has 5 heteroatoms. The molecule has 3 rings (SSSR count). The number of aryl methyl sites for hydroxylation is 1. The molecule has 3 aromatic rings. The Balaban J connectivity index is 1.50. The minimum atomic E-state index is -0.177. The van der Waals surface area contributed by atoms with Crippen LogP contribution in [0.2, 0.25) is 0 Å². The average molecular weight is 335 g/mol. The van der Waals surface area contributed by atoms with Crippen LogP contribution in [0.15, 0.2) is 54.7 Å². The first-order valence-electron chi connectivity index (χ1n) is 8.48. The Kier molecular flexibility index (Phi) is 5.23. The van der Waals surface area contributed by atoms with Crippen molar-refractivity contribution in [2.45, 2.75) is 32.7 Å². The van der Waals surface area contributed by atoms with Gasteiger partial charge in [-0.05, 0) is 23.6 Å². The Morgan fingerprint density at radius 1 is 1.00 bits per heavy atom. The highest BCUT2D eigenvalue weighted by molar-refractivity contribution is 5.92. The molecule has 0 atom stereocenters. The summed E-state index contributed by atoms with van der Waals surface area (Å²) in [5, 5.41) is 7.88. The van der Waals surface area contributed by atoms with Crippen molar-refractivity contribution < 1.29 is 9.59 Å². The van der Waals surface area contributed by atoms with Gasteiger partial charge >= 0.3 is 0 Å². The van der Waals surface area contributed by atoms with Crippen LogP contribution in [0.25, 0.3) is 10.9 Å². The minimum Gasteiger partial charge on any atom is -0.352 e. The number of hydrogen-bond acceptors (Lipinski definition) is 3. The number of fused-ring (bicyclic) bond motifs is 1. The zero-order chi connectivity index (χ0) is 17.6. The summed E-state index contributed by atoms with van der Waals surface area (Å²) in [6.45, 7) is 2.58. The summed E-state index contributed by atoms with van der Waals surface area (Å²) in [5.41, 5.74) is 3.09. The number of rotatable bonds is 6. The van der Waals surface area contributed by atoms with Crippen LogP contribution >= 0.6 is 0 Å². The van der Waals surface area contributed by atoms with E-state index in [0.29, 0.717) is 6.54 Å². The fraction of sp³-hybridized carbons (Fsp3) is 0.250. The molecular weight excluding hydrogens is 314 g/mol. The van der Waals surface area contributed by atoms with Gasteiger partial charge in [0.2, 0.25) is 11.8 Å². The van der Waals surface area contributed by atoms with Gasteiger partial charge in [-0.3, -0.25) is 9.59 Å². The van der Waals surface area contributed by atoms with Crippen LogP contribution in [0.4, 0.5) is 0 Å². The number of carbonyl (C=O) groups is 2. The predicted molar refractivity (Wildman–Crippen MR) is 97.3 cm³/mol. The van der Waals surface area contributed by atoms with E-state index in [1.807, 2.05) is 36.4 Å². The first kappa shape index (κ1) is 16.9. The third-order valence-electron chi connectivity index (χ3n) is 4.20. The second-order valence-corrected chi connectivity index (χ2v) is 5.96. The summed E-state index contributed by atoms with van der Waals surface area (Å²) in [6, 6.07) is 15.7. The van der Waals surface area contributed by atoms with Crippen LogP contribution in [-0.2, 0) is 17.8 Å². The number of hydrogen-bond donors (Lipinski definition) is 1. The van der Waals surface area contributed by atoms with E-state index in [1.165, 1.54) is 10.2 Å². The van der Waals surface area contributed by atoms with E-state index in [2.05, 4.69) is 29.5 Å². The van der Waals surface area contributed by atoms with E-state index in [1.54, 1.807) is 6.20 Å². The van der Waals surface area contributed by atoms with Crippen molar-refractivity contribution in [3.05, 3.63) is 65.9 Å². The van der Waals surface area contributed by atoms with Gasteiger partial charge in [-0.15, -0.1) is 0 Å². The monoisotopic (exact) mass is 335 g/mol. The number of aromatic nitrogens is 2. The first-order chi connectivity index (χ1) is 12.2. The van der Waals surface area contributed by atoms with E-state index in [-0.39, 0.29) is 24.7 Å². The van der Waals surface area contributed by atoms with E-state index in [4.69, 9.17) is 0 Å². The maximum absolute atomic E-state index is 12.3. The Bertz CT molecular complexity index is 881. The number of carbonyl (C=O) groups excluding carboxylic acids is 2. The molecule has 0 aliphatic rings. The van der Waals surface area contributed by atoms with E-state index >= 15 is 0 Å². The fourth-order valence-electron chi connectivity index (χ4n) is 2.68. The summed E-state index contributed by atoms with van der Waals surface area (Å²) >= 11 is 0. The van der Waals surface area contributed by atoms with Crippen LogP contribution in [0.5, 0.6) is 0 Å². The third kappa shape index (κ3) is 4.12. The van der Waals surface area contributed by atoms with Crippen molar-refractivity contribution in [1.82, 2.24) is 15.1 Å². The van der Waals surface area contributed by atoms with E-state index < -0.39 is 0 Å². The zero-order valence-corrected chi connectivity index (χ0v) is 14.2. The van der Waals surface area contributed by atoms with Gasteiger partial charge in [-0.2, -0.15) is 5.10 Å². The maximum atomic E-state index is 12.3. The molecule has 1 N–H and O–H groups in total. The Labute approximate surface area is 146 Å². The van der Waals surface area contributed by atoms with Crippen LogP contribution < -0.4 is 5.32 Å². The lowest BCUT2D eigenvalue weighted by Gasteiger charge is -2.06. The Hall–Kier alpha value is -2.95. The lowest BCUT2D eigenvalue weighted by Crippen LogP contribution is -2.24. The molecule has 5 nitrogen and oxygen atoms in total. The Morgan fingerprint density at radius 3 is 2.48 bits per heavy atom. The molecule has 0 fully saturated rings. The van der Waals surface area contributed by atoms with Crippen molar-refractivity contribution in [1.29, 1.82) is 0 Å². The summed E-state index contributed by atoms with van der Waals surface area (Å²) in [6.07, 6.45) is 2.94. The minimum absolute atomic E-state index is 0.131. The molecule has 1 heterocycles. The maximum Gasteiger partial charge on any atom is 0.247 e. The topological polar surface area (TPSA) is 64.0 Å². The Morgan fingerprint density at radius 2 is 1.72 bits per heavy atom. The average Bonchev–Trinajstić information content (AvgIpc) is 3.09. The predicted octanol–water partition coefficient (Wildman–Crippen LogP) is 3.34. The summed E-state index contributed by atoms with van der Waals surface area (Å²) in [4.78, 5) is 24.3. The summed E-state index contributed by atoms with van der Waals surface area (Å²) < 4.78 is 1.37. The van der Waals surface area contributed by atoms with Crippen LogP contribution in [0.3, 0.4) is 0 Å². The van der Waals surface area contributed by atoms with Gasteiger partial charge < -0.3 is 5.32 Å². The fourth-order valence-corrected chi connectivity index (χ4v) is 2.68. The lowest BCUT2D eigenvalue weighted by atomic mass is 10.1. The zero-order valence-electron chi connectivity index (χ0n) is 14.2. The highest BCUT2D eigenvalue weighted by atomic mass is 16.2. The molecule has 0 aliphatic carbocycles. The van der Waals surface area contributed by atoms with Gasteiger partial charge in [-0.1, -0.05) is 49.4 Å². The van der Waals surface area contributed by atoms with Gasteiger partial charge in [0, 0.05) is 24.8 Å². The molecule has 0 saturated carbocycles. The molecule has 1 aromatic heterocycles. The number of amides is 1. The highest BCUT2D eigenvalue weighted by Gasteiger charge is 2.12. The highest BCUT2D eigenvalue weighted by Crippen LogP contribution is 2.13. The van der Waals surface area contributed by atoms with Crippen LogP contribution in [0, 0.1) is 0 Å². The van der Waals surface area contributed by atoms with Gasteiger partial charge in [0.25, 0.3) is 0 Å². The molecule has 0 spiro atoms. The van der Waals surface area contributed by atoms with Crippen molar-refractivity contribution >= 4 is 22.7 Å². The molecule has 2 aromatic carbocycles. The molecule has 0 bridgehead atoms. The summed E-state index contributed by atoms with van der Waals surface area (Å²) in [5.74, 6) is -0.312. The standard InChI is InChI=1S/C20H21N3O2/c1-2-15-7-9-16(10-8-15)13-21-19(24)11-12-20(25)23-18-6-4-3-5-17(18)14-22-23/h3-10,14H,2,11-13H2,1H3,(H,21,24). The van der Waals surface area contributed by atoms with Crippen molar-refractivity contribution in [3.63, 3.8) is 0 Å². The van der Waals surface area contributed by atoms with Gasteiger partial charge in [0.1, 0.15) is 0 Å². The number of benzene rings is 2. The molecule has 0 saturated heterocycles. The van der Waals surface area contributed by atoms with Gasteiger partial charge in [-0.25, -0.2) is 4.68 Å². The van der Waals surface area contributed by atoms with Crippen LogP contribution in [0.1, 0.15) is 35.7 Å². The molecule has 0 radical (unpaired) electrons. The second-order valence-electron chi connectivity index (χ2n) is 5.96. The number of nitrogens with one attached hydrogen (secondary N) is 1. The van der Waals surface area contributed by atoms with Crippen molar-refractivity contribution in [2.75, 3.05) is 0 Å². The first-order valence-corrected chi connectivity index (χ1v) is 8.48. The van der Waals surface area contributed by atoms with E-state index in [9.17, 15) is 9.59 Å². The third-order valence-corrected chi connectivity index (χ3v) is 4.20. The lowest BCUT2D eigenvalue weighted by molar-refractivity contribution is -0.121. The van der Waals surface area contributed by atoms with E-state index in [0.717, 1.165) is 22.9 Å². The molecule has 0 aliphatic heterocycles. The second kappa shape index (κ2) is 7.75. The molecular formula is C20H21N3O2. The molecule has 25 heavy (non-hydrogen) atoms. The normalized spacial score (nSPS) is 10.8. The molecule has 1 amide bonds. The van der Waals surface area contributed by atoms with Crippen molar-refractivity contribution in [2.24, 2.45) is 0 Å². The van der Waals surface area contributed by atoms with Crippen molar-refractivity contribution in [3.8, 4) is 0 Å². The quantitative estimate of drug-likeness (QED) is 0.751. The summed E-state index contributed by atoms with van der Waals surface area (Å²) in [7, 11) is 0. The molecule has 128 valence electrons. The number of para-hydroxylation sites is 1. The number of nitrogens with zero attached hydrogens (tertiary/aromatic N) is 2. The largest absolute Gasteiger partial charge is 0.352 e. The van der Waals surface area contributed by atoms with Crippen LogP contribution in [-0.4, -0.2) is 21.6 Å². The molecule has 0 unspecified atom stereocenters. The SMILES string of the molecule is CCc1ccc(CNC(=O)CCC(=O)n2ncc3ccccc32)cc1. The van der Waals surface area contributed by atoms with Gasteiger partial charge in [0.15, 0.2) is 0 Å². The van der Waals surface area contributed by atoms with Gasteiger partial charge in [0.05, 0.1) is 11.7 Å².